The number of likely N-dealkylation sites (N-methyl/N-ethyl adjacent to an activating group) is 1. The molecule has 1 N–H and O–H groups in total. The van der Waals surface area contributed by atoms with Gasteiger partial charge in [0.25, 0.3) is 5.91 Å². The van der Waals surface area contributed by atoms with Crippen LogP contribution in [0.3, 0.4) is 0 Å². The van der Waals surface area contributed by atoms with E-state index in [2.05, 4.69) is 15.3 Å². The van der Waals surface area contributed by atoms with Gasteiger partial charge in [0.1, 0.15) is 5.15 Å². The molecule has 0 spiro atoms. The Kier molecular flexibility index (Phi) is 3.06. The van der Waals surface area contributed by atoms with E-state index < -0.39 is 5.91 Å². The molecule has 6 nitrogen and oxygen atoms in total. The van der Waals surface area contributed by atoms with Crippen LogP contribution in [0, 0.1) is 0 Å². The van der Waals surface area contributed by atoms with Crippen LogP contribution in [0.1, 0.15) is 10.4 Å². The molecular formula is C10H9ClN4O2. The van der Waals surface area contributed by atoms with Crippen LogP contribution in [0.5, 0.6) is 0 Å². The van der Waals surface area contributed by atoms with Crippen molar-refractivity contribution in [2.24, 2.45) is 4.99 Å². The number of halogens is 1. The summed E-state index contributed by atoms with van der Waals surface area (Å²) in [6, 6.07) is 3.12. The number of nitrogens with zero attached hydrogens (tertiary/aromatic N) is 3. The van der Waals surface area contributed by atoms with Gasteiger partial charge in [-0.15, -0.1) is 0 Å². The lowest BCUT2D eigenvalue weighted by Gasteiger charge is -2.07. The molecule has 2 heterocycles. The molecule has 0 saturated carbocycles. The Morgan fingerprint density at radius 2 is 2.41 bits per heavy atom. The second kappa shape index (κ2) is 4.50. The van der Waals surface area contributed by atoms with Gasteiger partial charge in [-0.05, 0) is 12.1 Å². The van der Waals surface area contributed by atoms with Gasteiger partial charge in [-0.2, -0.15) is 4.99 Å². The second-order valence-electron chi connectivity index (χ2n) is 3.49. The van der Waals surface area contributed by atoms with E-state index in [0.29, 0.717) is 0 Å². The Balaban J connectivity index is 2.25. The molecule has 0 bridgehead atoms. The summed E-state index contributed by atoms with van der Waals surface area (Å²) >= 11 is 5.77. The molecule has 0 radical (unpaired) electrons. The van der Waals surface area contributed by atoms with E-state index in [9.17, 15) is 9.59 Å². The number of pyridine rings is 1. The van der Waals surface area contributed by atoms with Crippen molar-refractivity contribution >= 4 is 29.4 Å². The first-order valence-electron chi connectivity index (χ1n) is 4.82. The summed E-state index contributed by atoms with van der Waals surface area (Å²) in [7, 11) is 1.66. The highest BCUT2D eigenvalue weighted by atomic mass is 35.5. The number of hydrogen-bond donors (Lipinski definition) is 1. The molecule has 0 atom stereocenters. The van der Waals surface area contributed by atoms with Crippen LogP contribution >= 0.6 is 11.6 Å². The van der Waals surface area contributed by atoms with E-state index in [4.69, 9.17) is 11.6 Å². The summed E-state index contributed by atoms with van der Waals surface area (Å²) in [5, 5.41) is 2.57. The maximum atomic E-state index is 11.8. The first kappa shape index (κ1) is 11.5. The Bertz CT molecular complexity index is 515. The molecule has 1 saturated heterocycles. The zero-order chi connectivity index (χ0) is 12.4. The minimum Gasteiger partial charge on any atom is -0.336 e. The van der Waals surface area contributed by atoms with Gasteiger partial charge < -0.3 is 4.90 Å². The van der Waals surface area contributed by atoms with Crippen molar-refractivity contribution in [2.45, 2.75) is 0 Å². The van der Waals surface area contributed by atoms with Gasteiger partial charge in [-0.25, -0.2) is 4.98 Å². The van der Waals surface area contributed by atoms with Gasteiger partial charge in [0, 0.05) is 13.2 Å². The maximum Gasteiger partial charge on any atom is 0.283 e. The van der Waals surface area contributed by atoms with E-state index in [0.717, 1.165) is 0 Å². The predicted molar refractivity (Wildman–Crippen MR) is 61.8 cm³/mol. The summed E-state index contributed by atoms with van der Waals surface area (Å²) < 4.78 is 0. The van der Waals surface area contributed by atoms with E-state index in [1.807, 2.05) is 0 Å². The molecule has 0 aliphatic carbocycles. The predicted octanol–water partition coefficient (Wildman–Crippen LogP) is 0.293. The highest BCUT2D eigenvalue weighted by Crippen LogP contribution is 2.13. The van der Waals surface area contributed by atoms with Crippen LogP contribution in [-0.4, -0.2) is 41.3 Å². The number of aromatic nitrogens is 1. The Hall–Kier alpha value is -1.95. The van der Waals surface area contributed by atoms with Crippen LogP contribution in [0.4, 0.5) is 0 Å². The third-order valence-electron chi connectivity index (χ3n) is 2.19. The molecule has 2 rings (SSSR count). The Morgan fingerprint density at radius 1 is 1.65 bits per heavy atom. The number of carbonyl (C=O) groups excluding carboxylic acids is 2. The third kappa shape index (κ3) is 2.42. The maximum absolute atomic E-state index is 11.8. The summed E-state index contributed by atoms with van der Waals surface area (Å²) in [4.78, 5) is 32.0. The van der Waals surface area contributed by atoms with Crippen LogP contribution in [0.15, 0.2) is 23.3 Å². The zero-order valence-corrected chi connectivity index (χ0v) is 9.73. The summed E-state index contributed by atoms with van der Waals surface area (Å²) in [6.07, 6.45) is 1.48. The van der Waals surface area contributed by atoms with E-state index in [1.54, 1.807) is 18.0 Å². The van der Waals surface area contributed by atoms with E-state index in [-0.39, 0.29) is 29.1 Å². The fraction of sp³-hybridized carbons (Fsp3) is 0.200. The fourth-order valence-electron chi connectivity index (χ4n) is 1.37. The second-order valence-corrected chi connectivity index (χ2v) is 3.84. The highest BCUT2D eigenvalue weighted by Gasteiger charge is 2.23. The molecule has 1 fully saturated rings. The smallest absolute Gasteiger partial charge is 0.283 e. The number of nitrogens with one attached hydrogen (secondary N) is 1. The number of carbonyl (C=O) groups is 2. The van der Waals surface area contributed by atoms with Gasteiger partial charge in [-0.3, -0.25) is 14.9 Å². The number of hydrogen-bond acceptors (Lipinski definition) is 3. The fourth-order valence-corrected chi connectivity index (χ4v) is 1.57. The van der Waals surface area contributed by atoms with Crippen molar-refractivity contribution in [1.82, 2.24) is 15.2 Å². The minimum absolute atomic E-state index is 0.0915. The van der Waals surface area contributed by atoms with Crippen LogP contribution in [0.25, 0.3) is 0 Å². The third-order valence-corrected chi connectivity index (χ3v) is 2.49. The SMILES string of the molecule is CN1CC(=O)NC1=NC(=O)c1cccnc1Cl. The van der Waals surface area contributed by atoms with Crippen LogP contribution in [-0.2, 0) is 4.79 Å². The molecule has 7 heteroatoms. The molecule has 1 aromatic heterocycles. The molecule has 1 aliphatic rings. The van der Waals surface area contributed by atoms with Gasteiger partial charge in [0.15, 0.2) is 0 Å². The molecule has 0 aromatic carbocycles. The highest BCUT2D eigenvalue weighted by molar-refractivity contribution is 6.33. The summed E-state index contributed by atoms with van der Waals surface area (Å²) in [5.74, 6) is -0.511. The van der Waals surface area contributed by atoms with Crippen molar-refractivity contribution in [1.29, 1.82) is 0 Å². The summed E-state index contributed by atoms with van der Waals surface area (Å²) in [5.41, 5.74) is 0.205. The average molecular weight is 253 g/mol. The minimum atomic E-state index is -0.535. The van der Waals surface area contributed by atoms with Gasteiger partial charge in [0.05, 0.1) is 12.1 Å². The Labute approximate surface area is 102 Å². The number of aliphatic imine (C=N–C) groups is 1. The molecular weight excluding hydrogens is 244 g/mol. The van der Waals surface area contributed by atoms with Crippen LogP contribution < -0.4 is 5.32 Å². The van der Waals surface area contributed by atoms with E-state index in [1.165, 1.54) is 12.3 Å². The van der Waals surface area contributed by atoms with Crippen molar-refractivity contribution < 1.29 is 9.59 Å². The average Bonchev–Trinajstić information content (AvgIpc) is 2.58. The van der Waals surface area contributed by atoms with E-state index >= 15 is 0 Å². The van der Waals surface area contributed by atoms with Gasteiger partial charge >= 0.3 is 0 Å². The first-order valence-corrected chi connectivity index (χ1v) is 5.20. The number of guanidine groups is 1. The molecule has 1 aliphatic heterocycles. The summed E-state index contributed by atoms with van der Waals surface area (Å²) in [6.45, 7) is 0.187. The lowest BCUT2D eigenvalue weighted by molar-refractivity contribution is -0.118. The zero-order valence-electron chi connectivity index (χ0n) is 8.98. The van der Waals surface area contributed by atoms with Crippen molar-refractivity contribution in [3.63, 3.8) is 0 Å². The van der Waals surface area contributed by atoms with Gasteiger partial charge in [-0.1, -0.05) is 11.6 Å². The van der Waals surface area contributed by atoms with Gasteiger partial charge in [0.2, 0.25) is 11.9 Å². The monoisotopic (exact) mass is 252 g/mol. The Morgan fingerprint density at radius 3 is 3.00 bits per heavy atom. The normalized spacial score (nSPS) is 17.4. The number of rotatable bonds is 1. The standard InChI is InChI=1S/C10H9ClN4O2/c1-15-5-7(16)13-10(15)14-9(17)6-3-2-4-12-8(6)11/h2-4H,5H2,1H3,(H,13,14,16,17). The van der Waals surface area contributed by atoms with Crippen LogP contribution in [0.2, 0.25) is 5.15 Å². The number of amides is 2. The quantitative estimate of drug-likeness (QED) is 0.729. The lowest BCUT2D eigenvalue weighted by Crippen LogP contribution is -2.28. The lowest BCUT2D eigenvalue weighted by atomic mass is 10.3. The molecule has 0 unspecified atom stereocenters. The molecule has 17 heavy (non-hydrogen) atoms. The molecule has 88 valence electrons. The molecule has 2 amide bonds. The van der Waals surface area contributed by atoms with Crippen molar-refractivity contribution in [3.05, 3.63) is 29.0 Å². The first-order chi connectivity index (χ1) is 8.08. The van der Waals surface area contributed by atoms with Crippen molar-refractivity contribution in [2.75, 3.05) is 13.6 Å². The topological polar surface area (TPSA) is 74.7 Å². The largest absolute Gasteiger partial charge is 0.336 e. The molecule has 1 aromatic rings. The van der Waals surface area contributed by atoms with Crippen molar-refractivity contribution in [3.8, 4) is 0 Å².